The Kier molecular flexibility index (Phi) is 5.48. The molecule has 4 heteroatoms. The molecule has 1 aromatic carbocycles. The maximum Gasteiger partial charge on any atom is 0.161 e. The highest BCUT2D eigenvalue weighted by Gasteiger charge is 2.17. The number of ether oxygens (including phenoxy) is 3. The first-order valence-corrected chi connectivity index (χ1v) is 6.98. The van der Waals surface area contributed by atoms with Crippen LogP contribution in [0.1, 0.15) is 25.3 Å². The van der Waals surface area contributed by atoms with Crippen LogP contribution in [0.5, 0.6) is 11.5 Å². The van der Waals surface area contributed by atoms with Gasteiger partial charge in [-0.2, -0.15) is 0 Å². The lowest BCUT2D eigenvalue weighted by atomic mass is 10.2. The molecule has 1 heterocycles. The Morgan fingerprint density at radius 2 is 2.21 bits per heavy atom. The molecule has 0 bridgehead atoms. The van der Waals surface area contributed by atoms with Crippen LogP contribution in [0.4, 0.5) is 0 Å². The lowest BCUT2D eigenvalue weighted by molar-refractivity contribution is 0.0667. The standard InChI is InChI=1S/C15H23NO3/c1-3-17-15-9-12(10-16-2)6-7-14(15)19-11-13-5-4-8-18-13/h6-7,9,13,16H,3-5,8,10-11H2,1-2H3. The van der Waals surface area contributed by atoms with Crippen LogP contribution in [-0.2, 0) is 11.3 Å². The molecule has 1 fully saturated rings. The van der Waals surface area contributed by atoms with E-state index < -0.39 is 0 Å². The zero-order chi connectivity index (χ0) is 13.5. The van der Waals surface area contributed by atoms with Crippen molar-refractivity contribution in [2.75, 3.05) is 26.9 Å². The second kappa shape index (κ2) is 7.36. The summed E-state index contributed by atoms with van der Waals surface area (Å²) in [5.41, 5.74) is 1.19. The van der Waals surface area contributed by atoms with Crippen LogP contribution in [-0.4, -0.2) is 33.0 Å². The summed E-state index contributed by atoms with van der Waals surface area (Å²) in [5.74, 6) is 1.62. The number of benzene rings is 1. The molecular formula is C15H23NO3. The van der Waals surface area contributed by atoms with Crippen LogP contribution < -0.4 is 14.8 Å². The van der Waals surface area contributed by atoms with Gasteiger partial charge in [-0.05, 0) is 44.5 Å². The topological polar surface area (TPSA) is 39.7 Å². The predicted octanol–water partition coefficient (Wildman–Crippen LogP) is 2.36. The van der Waals surface area contributed by atoms with Gasteiger partial charge in [0, 0.05) is 13.2 Å². The van der Waals surface area contributed by atoms with E-state index in [-0.39, 0.29) is 6.10 Å². The zero-order valence-corrected chi connectivity index (χ0v) is 11.8. The minimum Gasteiger partial charge on any atom is -0.490 e. The third-order valence-electron chi connectivity index (χ3n) is 3.14. The van der Waals surface area contributed by atoms with Gasteiger partial charge >= 0.3 is 0 Å². The van der Waals surface area contributed by atoms with Crippen molar-refractivity contribution in [1.29, 1.82) is 0 Å². The van der Waals surface area contributed by atoms with Crippen molar-refractivity contribution in [3.63, 3.8) is 0 Å². The van der Waals surface area contributed by atoms with Crippen molar-refractivity contribution < 1.29 is 14.2 Å². The Morgan fingerprint density at radius 1 is 1.32 bits per heavy atom. The maximum absolute atomic E-state index is 5.84. The Hall–Kier alpha value is -1.26. The summed E-state index contributed by atoms with van der Waals surface area (Å²) < 4.78 is 17.0. The molecule has 1 aliphatic heterocycles. The molecule has 19 heavy (non-hydrogen) atoms. The second-order valence-corrected chi connectivity index (χ2v) is 4.69. The molecule has 0 amide bonds. The van der Waals surface area contributed by atoms with Crippen LogP contribution in [0, 0.1) is 0 Å². The van der Waals surface area contributed by atoms with Gasteiger partial charge in [-0.3, -0.25) is 0 Å². The normalized spacial score (nSPS) is 18.5. The predicted molar refractivity (Wildman–Crippen MR) is 74.8 cm³/mol. The largest absolute Gasteiger partial charge is 0.490 e. The lowest BCUT2D eigenvalue weighted by Gasteiger charge is -2.15. The number of hydrogen-bond donors (Lipinski definition) is 1. The quantitative estimate of drug-likeness (QED) is 0.821. The van der Waals surface area contributed by atoms with E-state index >= 15 is 0 Å². The first-order chi connectivity index (χ1) is 9.33. The molecule has 1 atom stereocenters. The first-order valence-electron chi connectivity index (χ1n) is 6.98. The van der Waals surface area contributed by atoms with Gasteiger partial charge in [-0.25, -0.2) is 0 Å². The smallest absolute Gasteiger partial charge is 0.161 e. The molecule has 1 saturated heterocycles. The summed E-state index contributed by atoms with van der Waals surface area (Å²) in [6, 6.07) is 6.07. The van der Waals surface area contributed by atoms with Crippen LogP contribution in [0.2, 0.25) is 0 Å². The molecule has 2 rings (SSSR count). The molecule has 0 radical (unpaired) electrons. The molecule has 0 aromatic heterocycles. The molecular weight excluding hydrogens is 242 g/mol. The van der Waals surface area contributed by atoms with Gasteiger partial charge < -0.3 is 19.5 Å². The fourth-order valence-corrected chi connectivity index (χ4v) is 2.21. The monoisotopic (exact) mass is 265 g/mol. The second-order valence-electron chi connectivity index (χ2n) is 4.69. The van der Waals surface area contributed by atoms with E-state index in [2.05, 4.69) is 11.4 Å². The van der Waals surface area contributed by atoms with E-state index in [4.69, 9.17) is 14.2 Å². The fraction of sp³-hybridized carbons (Fsp3) is 0.600. The van der Waals surface area contributed by atoms with Gasteiger partial charge in [0.15, 0.2) is 11.5 Å². The Labute approximate surface area is 115 Å². The minimum absolute atomic E-state index is 0.228. The van der Waals surface area contributed by atoms with Gasteiger partial charge in [-0.1, -0.05) is 6.07 Å². The SMILES string of the molecule is CCOc1cc(CNC)ccc1OCC1CCCO1. The molecule has 1 aromatic rings. The van der Waals surface area contributed by atoms with E-state index in [0.29, 0.717) is 13.2 Å². The highest BCUT2D eigenvalue weighted by atomic mass is 16.5. The van der Waals surface area contributed by atoms with E-state index in [1.165, 1.54) is 5.56 Å². The molecule has 0 spiro atoms. The van der Waals surface area contributed by atoms with Crippen molar-refractivity contribution >= 4 is 0 Å². The molecule has 0 aliphatic carbocycles. The van der Waals surface area contributed by atoms with Gasteiger partial charge in [-0.15, -0.1) is 0 Å². The van der Waals surface area contributed by atoms with Crippen molar-refractivity contribution in [1.82, 2.24) is 5.32 Å². The van der Waals surface area contributed by atoms with Crippen molar-refractivity contribution in [3.8, 4) is 11.5 Å². The molecule has 4 nitrogen and oxygen atoms in total. The Balaban J connectivity index is 2.00. The fourth-order valence-electron chi connectivity index (χ4n) is 2.21. The zero-order valence-electron chi connectivity index (χ0n) is 11.8. The van der Waals surface area contributed by atoms with Crippen molar-refractivity contribution in [3.05, 3.63) is 23.8 Å². The summed E-state index contributed by atoms with van der Waals surface area (Å²) in [6.07, 6.45) is 2.45. The van der Waals surface area contributed by atoms with E-state index in [9.17, 15) is 0 Å². The summed E-state index contributed by atoms with van der Waals surface area (Å²) in [6.45, 7) is 4.90. The van der Waals surface area contributed by atoms with Gasteiger partial charge in [0.25, 0.3) is 0 Å². The Morgan fingerprint density at radius 3 is 2.89 bits per heavy atom. The third kappa shape index (κ3) is 4.11. The molecule has 1 aliphatic rings. The van der Waals surface area contributed by atoms with Crippen molar-refractivity contribution in [2.45, 2.75) is 32.4 Å². The number of nitrogens with one attached hydrogen (secondary N) is 1. The summed E-state index contributed by atoms with van der Waals surface area (Å²) in [7, 11) is 1.93. The van der Waals surface area contributed by atoms with Crippen LogP contribution in [0.15, 0.2) is 18.2 Å². The molecule has 1 unspecified atom stereocenters. The van der Waals surface area contributed by atoms with Gasteiger partial charge in [0.05, 0.1) is 12.7 Å². The summed E-state index contributed by atoms with van der Waals surface area (Å²) >= 11 is 0. The average Bonchev–Trinajstić information content (AvgIpc) is 2.92. The third-order valence-corrected chi connectivity index (χ3v) is 3.14. The first kappa shape index (κ1) is 14.2. The molecule has 1 N–H and O–H groups in total. The van der Waals surface area contributed by atoms with Gasteiger partial charge in [0.1, 0.15) is 6.61 Å². The number of hydrogen-bond acceptors (Lipinski definition) is 4. The lowest BCUT2D eigenvalue weighted by Crippen LogP contribution is -2.16. The van der Waals surface area contributed by atoms with E-state index in [1.807, 2.05) is 26.1 Å². The summed E-state index contributed by atoms with van der Waals surface area (Å²) in [5, 5.41) is 3.13. The van der Waals surface area contributed by atoms with E-state index in [1.54, 1.807) is 0 Å². The van der Waals surface area contributed by atoms with Crippen LogP contribution in [0.25, 0.3) is 0 Å². The summed E-state index contributed by atoms with van der Waals surface area (Å²) in [4.78, 5) is 0. The van der Waals surface area contributed by atoms with Crippen LogP contribution in [0.3, 0.4) is 0 Å². The maximum atomic E-state index is 5.84. The molecule has 0 saturated carbocycles. The van der Waals surface area contributed by atoms with Crippen molar-refractivity contribution in [2.24, 2.45) is 0 Å². The highest BCUT2D eigenvalue weighted by molar-refractivity contribution is 5.43. The molecule has 106 valence electrons. The van der Waals surface area contributed by atoms with E-state index in [0.717, 1.165) is 37.5 Å². The minimum atomic E-state index is 0.228. The van der Waals surface area contributed by atoms with Crippen LogP contribution >= 0.6 is 0 Å². The average molecular weight is 265 g/mol. The van der Waals surface area contributed by atoms with Gasteiger partial charge in [0.2, 0.25) is 0 Å². The highest BCUT2D eigenvalue weighted by Crippen LogP contribution is 2.29. The Bertz CT molecular complexity index is 389. The number of rotatable bonds is 7.